The molecule has 0 spiro atoms. The second-order valence-electron chi connectivity index (χ2n) is 4.73. The zero-order valence-electron chi connectivity index (χ0n) is 9.56. The maximum Gasteiger partial charge on any atom is 0.231 e. The van der Waals surface area contributed by atoms with Gasteiger partial charge >= 0.3 is 0 Å². The molecule has 0 amide bonds. The summed E-state index contributed by atoms with van der Waals surface area (Å²) in [7, 11) is 1.64. The molecular weight excluding hydrogens is 206 g/mol. The summed E-state index contributed by atoms with van der Waals surface area (Å²) in [5.41, 5.74) is 0. The van der Waals surface area contributed by atoms with E-state index >= 15 is 0 Å². The highest BCUT2D eigenvalue weighted by atomic mass is 16.5. The Morgan fingerprint density at radius 1 is 1.44 bits per heavy atom. The van der Waals surface area contributed by atoms with Crippen LogP contribution in [0, 0.1) is 5.92 Å². The largest absolute Gasteiger partial charge is 0.377 e. The summed E-state index contributed by atoms with van der Waals surface area (Å²) in [6, 6.07) is 0. The van der Waals surface area contributed by atoms with Gasteiger partial charge < -0.3 is 14.2 Å². The van der Waals surface area contributed by atoms with Crippen molar-refractivity contribution in [1.29, 1.82) is 0 Å². The molecule has 1 aromatic heterocycles. The van der Waals surface area contributed by atoms with E-state index in [0.29, 0.717) is 18.3 Å². The van der Waals surface area contributed by atoms with Crippen LogP contribution in [0.4, 0.5) is 0 Å². The molecule has 3 aliphatic heterocycles. The van der Waals surface area contributed by atoms with Crippen LogP contribution in [0.15, 0.2) is 4.52 Å². The average molecular weight is 223 g/mol. The van der Waals surface area contributed by atoms with E-state index in [-0.39, 0.29) is 0 Å². The molecule has 3 saturated heterocycles. The smallest absolute Gasteiger partial charge is 0.231 e. The fraction of sp³-hybridized carbons (Fsp3) is 0.818. The third-order valence-electron chi connectivity index (χ3n) is 3.73. The van der Waals surface area contributed by atoms with Gasteiger partial charge in [-0.1, -0.05) is 5.16 Å². The van der Waals surface area contributed by atoms with E-state index < -0.39 is 0 Å². The van der Waals surface area contributed by atoms with Crippen molar-refractivity contribution in [3.8, 4) is 0 Å². The van der Waals surface area contributed by atoms with Crippen LogP contribution in [0.25, 0.3) is 0 Å². The third-order valence-corrected chi connectivity index (χ3v) is 3.73. The van der Waals surface area contributed by atoms with Crippen LogP contribution < -0.4 is 0 Å². The molecule has 0 radical (unpaired) electrons. The number of rotatable bonds is 3. The van der Waals surface area contributed by atoms with Gasteiger partial charge in [-0.25, -0.2) is 0 Å². The van der Waals surface area contributed by atoms with Gasteiger partial charge in [0.2, 0.25) is 5.89 Å². The molecule has 4 rings (SSSR count). The Balaban J connectivity index is 1.76. The van der Waals surface area contributed by atoms with Gasteiger partial charge in [-0.15, -0.1) is 0 Å². The maximum absolute atomic E-state index is 5.34. The molecule has 16 heavy (non-hydrogen) atoms. The van der Waals surface area contributed by atoms with Gasteiger partial charge in [0.15, 0.2) is 5.82 Å². The lowest BCUT2D eigenvalue weighted by Crippen LogP contribution is -2.46. The van der Waals surface area contributed by atoms with Crippen molar-refractivity contribution < 1.29 is 9.26 Å². The molecule has 0 aromatic carbocycles. The molecule has 5 nitrogen and oxygen atoms in total. The van der Waals surface area contributed by atoms with Crippen molar-refractivity contribution in [1.82, 2.24) is 15.0 Å². The zero-order chi connectivity index (χ0) is 11.0. The molecule has 0 saturated carbocycles. The molecule has 3 fully saturated rings. The first-order chi connectivity index (χ1) is 7.86. The predicted octanol–water partition coefficient (Wildman–Crippen LogP) is 1.03. The highest BCUT2D eigenvalue weighted by Gasteiger charge is 2.38. The third kappa shape index (κ3) is 1.74. The Morgan fingerprint density at radius 3 is 2.88 bits per heavy atom. The lowest BCUT2D eigenvalue weighted by Gasteiger charge is -2.43. The van der Waals surface area contributed by atoms with E-state index in [1.165, 1.54) is 25.9 Å². The molecule has 1 unspecified atom stereocenters. The quantitative estimate of drug-likeness (QED) is 0.766. The highest BCUT2D eigenvalue weighted by molar-refractivity contribution is 5.03. The van der Waals surface area contributed by atoms with Crippen LogP contribution in [-0.2, 0) is 11.3 Å². The van der Waals surface area contributed by atoms with Crippen molar-refractivity contribution in [3.05, 3.63) is 11.7 Å². The lowest BCUT2D eigenvalue weighted by molar-refractivity contribution is 0.0726. The average Bonchev–Trinajstić information content (AvgIpc) is 2.80. The van der Waals surface area contributed by atoms with Crippen LogP contribution in [0.1, 0.15) is 30.5 Å². The van der Waals surface area contributed by atoms with Crippen molar-refractivity contribution in [2.24, 2.45) is 5.92 Å². The van der Waals surface area contributed by atoms with Crippen LogP contribution >= 0.6 is 0 Å². The molecule has 4 heterocycles. The summed E-state index contributed by atoms with van der Waals surface area (Å²) in [4.78, 5) is 6.90. The molecule has 0 N–H and O–H groups in total. The van der Waals surface area contributed by atoms with E-state index in [9.17, 15) is 0 Å². The number of ether oxygens (including phenoxy) is 1. The number of hydrogen-bond acceptors (Lipinski definition) is 5. The summed E-state index contributed by atoms with van der Waals surface area (Å²) in [5, 5.41) is 3.94. The normalized spacial score (nSPS) is 33.2. The summed E-state index contributed by atoms with van der Waals surface area (Å²) < 4.78 is 10.3. The van der Waals surface area contributed by atoms with E-state index in [1.54, 1.807) is 7.11 Å². The molecule has 2 bridgehead atoms. The summed E-state index contributed by atoms with van der Waals surface area (Å²) in [5.74, 6) is 2.65. The molecule has 88 valence electrons. The second kappa shape index (κ2) is 4.14. The Kier molecular flexibility index (Phi) is 2.65. The van der Waals surface area contributed by atoms with Crippen molar-refractivity contribution in [3.63, 3.8) is 0 Å². The zero-order valence-corrected chi connectivity index (χ0v) is 9.56. The summed E-state index contributed by atoms with van der Waals surface area (Å²) >= 11 is 0. The minimum Gasteiger partial charge on any atom is -0.377 e. The lowest BCUT2D eigenvalue weighted by atomic mass is 9.79. The minimum atomic E-state index is 0.435. The van der Waals surface area contributed by atoms with Gasteiger partial charge in [0.05, 0.1) is 5.92 Å². The van der Waals surface area contributed by atoms with Crippen LogP contribution in [0.5, 0.6) is 0 Å². The number of fused-ring (bicyclic) bond motifs is 3. The first-order valence-corrected chi connectivity index (χ1v) is 5.90. The fourth-order valence-electron chi connectivity index (χ4n) is 2.85. The van der Waals surface area contributed by atoms with Crippen molar-refractivity contribution in [2.75, 3.05) is 26.7 Å². The first kappa shape index (κ1) is 10.2. The first-order valence-electron chi connectivity index (χ1n) is 5.90. The number of aromatic nitrogens is 2. The highest BCUT2D eigenvalue weighted by Crippen LogP contribution is 2.38. The number of hydrogen-bond donors (Lipinski definition) is 0. The standard InChI is InChI=1S/C11H17N3O2/c1-15-7-10-12-11(16-13-10)9-6-14-4-2-8(9)3-5-14/h8-9H,2-7H2,1H3. The molecule has 0 aliphatic carbocycles. The number of nitrogens with zero attached hydrogens (tertiary/aromatic N) is 3. The van der Waals surface area contributed by atoms with Crippen LogP contribution in [-0.4, -0.2) is 41.8 Å². The van der Waals surface area contributed by atoms with Crippen molar-refractivity contribution in [2.45, 2.75) is 25.4 Å². The van der Waals surface area contributed by atoms with Gasteiger partial charge in [0, 0.05) is 13.7 Å². The fourth-order valence-corrected chi connectivity index (χ4v) is 2.85. The van der Waals surface area contributed by atoms with Gasteiger partial charge in [0.25, 0.3) is 0 Å². The Bertz CT molecular complexity index is 358. The predicted molar refractivity (Wildman–Crippen MR) is 56.9 cm³/mol. The maximum atomic E-state index is 5.34. The minimum absolute atomic E-state index is 0.435. The van der Waals surface area contributed by atoms with Crippen molar-refractivity contribution >= 4 is 0 Å². The Hall–Kier alpha value is -0.940. The molecule has 3 aliphatic rings. The SMILES string of the molecule is COCc1noc(C2CN3CCC2CC3)n1. The van der Waals surface area contributed by atoms with E-state index in [4.69, 9.17) is 9.26 Å². The van der Waals surface area contributed by atoms with E-state index in [0.717, 1.165) is 18.4 Å². The van der Waals surface area contributed by atoms with Gasteiger partial charge in [-0.2, -0.15) is 4.98 Å². The molecule has 1 aromatic rings. The van der Waals surface area contributed by atoms with Gasteiger partial charge in [-0.3, -0.25) is 0 Å². The topological polar surface area (TPSA) is 51.4 Å². The number of methoxy groups -OCH3 is 1. The van der Waals surface area contributed by atoms with E-state index in [1.807, 2.05) is 0 Å². The van der Waals surface area contributed by atoms with E-state index in [2.05, 4.69) is 15.0 Å². The Morgan fingerprint density at radius 2 is 2.25 bits per heavy atom. The summed E-state index contributed by atoms with van der Waals surface area (Å²) in [6.45, 7) is 3.99. The second-order valence-corrected chi connectivity index (χ2v) is 4.73. The molecular formula is C11H17N3O2. The van der Waals surface area contributed by atoms with Crippen LogP contribution in [0.3, 0.4) is 0 Å². The molecule has 1 atom stereocenters. The van der Waals surface area contributed by atoms with Crippen LogP contribution in [0.2, 0.25) is 0 Å². The van der Waals surface area contributed by atoms with Gasteiger partial charge in [-0.05, 0) is 31.8 Å². The summed E-state index contributed by atoms with van der Waals surface area (Å²) in [6.07, 6.45) is 2.54. The Labute approximate surface area is 94.8 Å². The number of piperidine rings is 3. The monoisotopic (exact) mass is 223 g/mol. The molecule has 5 heteroatoms. The van der Waals surface area contributed by atoms with Gasteiger partial charge in [0.1, 0.15) is 6.61 Å².